The molecule has 1 N–H and O–H groups in total. The molecule has 0 saturated carbocycles. The first-order valence-electron chi connectivity index (χ1n) is 10.4. The van der Waals surface area contributed by atoms with Gasteiger partial charge < -0.3 is 10.1 Å². The Kier molecular flexibility index (Phi) is 5.27. The first-order chi connectivity index (χ1) is 16.1. The van der Waals surface area contributed by atoms with Gasteiger partial charge in [-0.1, -0.05) is 18.2 Å². The molecule has 0 radical (unpaired) electrons. The van der Waals surface area contributed by atoms with Gasteiger partial charge in [0.2, 0.25) is 0 Å². The van der Waals surface area contributed by atoms with Gasteiger partial charge in [0, 0.05) is 24.0 Å². The molecule has 1 aromatic carbocycles. The minimum Gasteiger partial charge on any atom is -0.497 e. The monoisotopic (exact) mass is 439 g/mol. The van der Waals surface area contributed by atoms with Crippen LogP contribution in [0.4, 0.5) is 0 Å². The molecule has 5 aromatic rings. The van der Waals surface area contributed by atoms with Crippen LogP contribution in [0.5, 0.6) is 5.75 Å². The molecule has 9 heteroatoms. The van der Waals surface area contributed by atoms with Crippen molar-refractivity contribution >= 4 is 11.6 Å². The Morgan fingerprint density at radius 2 is 1.97 bits per heavy atom. The molecule has 4 heterocycles. The Morgan fingerprint density at radius 1 is 1.09 bits per heavy atom. The van der Waals surface area contributed by atoms with Crippen molar-refractivity contribution in [1.82, 2.24) is 34.7 Å². The van der Waals surface area contributed by atoms with Crippen molar-refractivity contribution in [1.29, 1.82) is 0 Å². The van der Waals surface area contributed by atoms with Gasteiger partial charge in [0.15, 0.2) is 17.2 Å². The molecule has 0 saturated heterocycles. The fraction of sp³-hybridized carbons (Fsp3) is 0.125. The summed E-state index contributed by atoms with van der Waals surface area (Å²) in [7, 11) is 1.61. The summed E-state index contributed by atoms with van der Waals surface area (Å²) in [5, 5.41) is 11.7. The molecule has 0 aliphatic heterocycles. The molecule has 1 amide bonds. The number of aryl methyl sites for hydroxylation is 1. The number of nitrogens with zero attached hydrogens (tertiary/aromatic N) is 6. The molecule has 33 heavy (non-hydrogen) atoms. The van der Waals surface area contributed by atoms with E-state index in [2.05, 4.69) is 25.5 Å². The highest BCUT2D eigenvalue weighted by Gasteiger charge is 2.18. The largest absolute Gasteiger partial charge is 0.497 e. The number of aromatic nitrogens is 6. The average molecular weight is 439 g/mol. The van der Waals surface area contributed by atoms with E-state index in [1.807, 2.05) is 67.7 Å². The molecule has 0 fully saturated rings. The lowest BCUT2D eigenvalue weighted by Gasteiger charge is -2.07. The van der Waals surface area contributed by atoms with Gasteiger partial charge in [-0.2, -0.15) is 10.2 Å². The maximum Gasteiger partial charge on any atom is 0.272 e. The van der Waals surface area contributed by atoms with Crippen molar-refractivity contribution in [2.75, 3.05) is 7.11 Å². The molecular weight excluding hydrogens is 418 g/mol. The lowest BCUT2D eigenvalue weighted by Crippen LogP contribution is -2.23. The van der Waals surface area contributed by atoms with Gasteiger partial charge in [0.1, 0.15) is 12.1 Å². The maximum atomic E-state index is 13.0. The maximum absolute atomic E-state index is 13.0. The fourth-order valence-electron chi connectivity index (χ4n) is 3.54. The molecule has 0 aliphatic rings. The van der Waals surface area contributed by atoms with Gasteiger partial charge in [0.05, 0.1) is 12.8 Å². The van der Waals surface area contributed by atoms with Gasteiger partial charge in [-0.25, -0.2) is 19.2 Å². The number of nitrogens with one attached hydrogen (secondary N) is 1. The Morgan fingerprint density at radius 3 is 2.82 bits per heavy atom. The zero-order valence-electron chi connectivity index (χ0n) is 18.1. The van der Waals surface area contributed by atoms with E-state index < -0.39 is 0 Å². The van der Waals surface area contributed by atoms with Crippen LogP contribution in [0, 0.1) is 6.92 Å². The van der Waals surface area contributed by atoms with Crippen molar-refractivity contribution in [3.05, 3.63) is 90.1 Å². The van der Waals surface area contributed by atoms with E-state index in [9.17, 15) is 4.79 Å². The number of hydrogen-bond donors (Lipinski definition) is 1. The van der Waals surface area contributed by atoms with Crippen molar-refractivity contribution < 1.29 is 9.53 Å². The van der Waals surface area contributed by atoms with Crippen LogP contribution in [0.15, 0.2) is 73.2 Å². The number of benzene rings is 1. The zero-order valence-corrected chi connectivity index (χ0v) is 18.1. The standard InChI is InChI=1S/C24H21N7O2/c1-16-5-3-8-23(28-16)31-21(18-9-10-22-26-15-27-30(22)14-18)12-20(29-31)24(32)25-13-17-6-4-7-19(11-17)33-2/h3-12,14-15H,13H2,1-2H3,(H,25,32). The average Bonchev–Trinajstić information content (AvgIpc) is 3.49. The van der Waals surface area contributed by atoms with E-state index in [4.69, 9.17) is 4.74 Å². The number of carbonyl (C=O) groups excluding carboxylic acids is 1. The normalized spacial score (nSPS) is 11.0. The summed E-state index contributed by atoms with van der Waals surface area (Å²) in [6.45, 7) is 2.27. The summed E-state index contributed by atoms with van der Waals surface area (Å²) in [5.74, 6) is 1.07. The Bertz CT molecular complexity index is 1450. The zero-order chi connectivity index (χ0) is 22.8. The second kappa shape index (κ2) is 8.54. The van der Waals surface area contributed by atoms with Crippen LogP contribution in [0.3, 0.4) is 0 Å². The summed E-state index contributed by atoms with van der Waals surface area (Å²) in [4.78, 5) is 21.7. The first-order valence-corrected chi connectivity index (χ1v) is 10.4. The van der Waals surface area contributed by atoms with E-state index in [-0.39, 0.29) is 11.6 Å². The number of rotatable bonds is 6. The molecule has 0 spiro atoms. The van der Waals surface area contributed by atoms with Crippen LogP contribution in [0.1, 0.15) is 21.7 Å². The van der Waals surface area contributed by atoms with Crippen molar-refractivity contribution in [3.8, 4) is 22.8 Å². The summed E-state index contributed by atoms with van der Waals surface area (Å²) in [6.07, 6.45) is 3.35. The van der Waals surface area contributed by atoms with Crippen LogP contribution < -0.4 is 10.1 Å². The van der Waals surface area contributed by atoms with Crippen LogP contribution in [0.2, 0.25) is 0 Å². The first kappa shape index (κ1) is 20.4. The Balaban J connectivity index is 1.50. The number of hydrogen-bond acceptors (Lipinski definition) is 6. The predicted molar refractivity (Wildman–Crippen MR) is 122 cm³/mol. The number of ether oxygens (including phenoxy) is 1. The molecule has 0 unspecified atom stereocenters. The van der Waals surface area contributed by atoms with Crippen molar-refractivity contribution in [2.45, 2.75) is 13.5 Å². The van der Waals surface area contributed by atoms with Gasteiger partial charge in [-0.15, -0.1) is 0 Å². The lowest BCUT2D eigenvalue weighted by atomic mass is 10.2. The molecule has 9 nitrogen and oxygen atoms in total. The van der Waals surface area contributed by atoms with Gasteiger partial charge in [-0.3, -0.25) is 4.79 Å². The molecule has 0 atom stereocenters. The molecule has 0 bridgehead atoms. The predicted octanol–water partition coefficient (Wildman–Crippen LogP) is 3.22. The van der Waals surface area contributed by atoms with Gasteiger partial charge >= 0.3 is 0 Å². The van der Waals surface area contributed by atoms with Crippen LogP contribution in [0.25, 0.3) is 22.7 Å². The third kappa shape index (κ3) is 4.16. The quantitative estimate of drug-likeness (QED) is 0.436. The highest BCUT2D eigenvalue weighted by molar-refractivity contribution is 5.93. The van der Waals surface area contributed by atoms with Crippen LogP contribution >= 0.6 is 0 Å². The van der Waals surface area contributed by atoms with E-state index in [1.54, 1.807) is 22.4 Å². The minimum atomic E-state index is -0.285. The third-order valence-electron chi connectivity index (χ3n) is 5.19. The molecule has 5 rings (SSSR count). The van der Waals surface area contributed by atoms with E-state index in [0.29, 0.717) is 12.4 Å². The minimum absolute atomic E-state index is 0.285. The molecule has 4 aromatic heterocycles. The molecule has 164 valence electrons. The third-order valence-corrected chi connectivity index (χ3v) is 5.19. The SMILES string of the molecule is COc1cccc(CNC(=O)c2cc(-c3ccc4ncnn4c3)n(-c3cccc(C)n3)n2)c1. The van der Waals surface area contributed by atoms with E-state index in [1.165, 1.54) is 6.33 Å². The van der Waals surface area contributed by atoms with Crippen LogP contribution in [-0.4, -0.2) is 42.4 Å². The van der Waals surface area contributed by atoms with Crippen molar-refractivity contribution in [3.63, 3.8) is 0 Å². The van der Waals surface area contributed by atoms with Gasteiger partial charge in [-0.05, 0) is 55.0 Å². The summed E-state index contributed by atoms with van der Waals surface area (Å²) in [5.41, 5.74) is 4.35. The second-order valence-corrected chi connectivity index (χ2v) is 7.48. The smallest absolute Gasteiger partial charge is 0.272 e. The van der Waals surface area contributed by atoms with Crippen LogP contribution in [-0.2, 0) is 6.54 Å². The molecular formula is C24H21N7O2. The molecule has 0 aliphatic carbocycles. The number of carbonyl (C=O) groups is 1. The number of methoxy groups -OCH3 is 1. The summed E-state index contributed by atoms with van der Waals surface area (Å²) < 4.78 is 8.60. The summed E-state index contributed by atoms with van der Waals surface area (Å²) in [6, 6.07) is 18.8. The number of fused-ring (bicyclic) bond motifs is 1. The Labute approximate surface area is 189 Å². The topological polar surface area (TPSA) is 99.2 Å². The van der Waals surface area contributed by atoms with E-state index >= 15 is 0 Å². The fourth-order valence-corrected chi connectivity index (χ4v) is 3.54. The highest BCUT2D eigenvalue weighted by atomic mass is 16.5. The lowest BCUT2D eigenvalue weighted by molar-refractivity contribution is 0.0945. The summed E-state index contributed by atoms with van der Waals surface area (Å²) >= 11 is 0. The Hall–Kier alpha value is -4.53. The number of pyridine rings is 2. The number of amides is 1. The van der Waals surface area contributed by atoms with Crippen molar-refractivity contribution in [2.24, 2.45) is 0 Å². The highest BCUT2D eigenvalue weighted by Crippen LogP contribution is 2.24. The van der Waals surface area contributed by atoms with Gasteiger partial charge in [0.25, 0.3) is 5.91 Å². The van der Waals surface area contributed by atoms with E-state index in [0.717, 1.165) is 33.9 Å². The second-order valence-electron chi connectivity index (χ2n) is 7.48.